The van der Waals surface area contributed by atoms with E-state index in [4.69, 9.17) is 0 Å². The van der Waals surface area contributed by atoms with E-state index in [-0.39, 0.29) is 11.8 Å². The number of nitrogens with zero attached hydrogens (tertiary/aromatic N) is 1. The van der Waals surface area contributed by atoms with E-state index in [1.807, 2.05) is 49.5 Å². The largest absolute Gasteiger partial charge is 0.339 e. The maximum atomic E-state index is 12.5. The van der Waals surface area contributed by atoms with Crippen molar-refractivity contribution >= 4 is 41.0 Å². The highest BCUT2D eigenvalue weighted by Crippen LogP contribution is 2.43. The van der Waals surface area contributed by atoms with Gasteiger partial charge in [0.15, 0.2) is 0 Å². The molecule has 1 fully saturated rings. The Morgan fingerprint density at radius 2 is 1.50 bits per heavy atom. The molecule has 2 aromatic carbocycles. The van der Waals surface area contributed by atoms with Crippen molar-refractivity contribution in [2.75, 3.05) is 29.9 Å². The number of carbonyl (C=O) groups excluding carboxylic acids is 2. The molecule has 4 nitrogen and oxygen atoms in total. The van der Waals surface area contributed by atoms with Gasteiger partial charge in [-0.2, -0.15) is 0 Å². The molecule has 0 aliphatic carbocycles. The fraction of sp³-hybridized carbons (Fsp3) is 0.364. The third-order valence-electron chi connectivity index (χ3n) is 4.71. The number of hydrogen-bond donors (Lipinski definition) is 1. The van der Waals surface area contributed by atoms with Gasteiger partial charge in [-0.3, -0.25) is 9.59 Å². The molecule has 0 atom stereocenters. The lowest BCUT2D eigenvalue weighted by molar-refractivity contribution is 0.0773. The normalized spacial score (nSPS) is 14.5. The quantitative estimate of drug-likeness (QED) is 0.698. The van der Waals surface area contributed by atoms with E-state index in [1.165, 1.54) is 23.5 Å². The molecule has 0 radical (unpaired) electrons. The third-order valence-corrected chi connectivity index (χ3v) is 7.73. The SMILES string of the molecule is CCN(CC)C(=O)c1ccc(NC(=O)c2ccc(C3SCCCS3)cc2)cc1. The van der Waals surface area contributed by atoms with Crippen LogP contribution in [0.5, 0.6) is 0 Å². The van der Waals surface area contributed by atoms with Gasteiger partial charge in [0.1, 0.15) is 0 Å². The smallest absolute Gasteiger partial charge is 0.255 e. The Morgan fingerprint density at radius 3 is 2.07 bits per heavy atom. The summed E-state index contributed by atoms with van der Waals surface area (Å²) < 4.78 is 0.474. The second-order valence-electron chi connectivity index (χ2n) is 6.56. The summed E-state index contributed by atoms with van der Waals surface area (Å²) in [6.45, 7) is 5.29. The number of anilines is 1. The molecule has 3 rings (SSSR count). The molecule has 1 heterocycles. The molecule has 0 spiro atoms. The number of hydrogen-bond acceptors (Lipinski definition) is 4. The van der Waals surface area contributed by atoms with Crippen LogP contribution in [0.2, 0.25) is 0 Å². The minimum Gasteiger partial charge on any atom is -0.339 e. The zero-order valence-corrected chi connectivity index (χ0v) is 17.9. The fourth-order valence-electron chi connectivity index (χ4n) is 3.06. The number of nitrogens with one attached hydrogen (secondary N) is 1. The Morgan fingerprint density at radius 1 is 0.929 bits per heavy atom. The molecule has 2 amide bonds. The third kappa shape index (κ3) is 5.11. The van der Waals surface area contributed by atoms with Gasteiger partial charge >= 0.3 is 0 Å². The van der Waals surface area contributed by atoms with Crippen molar-refractivity contribution in [3.63, 3.8) is 0 Å². The van der Waals surface area contributed by atoms with E-state index in [1.54, 1.807) is 29.2 Å². The van der Waals surface area contributed by atoms with E-state index < -0.39 is 0 Å². The Hall–Kier alpha value is -1.92. The number of thioether (sulfide) groups is 2. The van der Waals surface area contributed by atoms with Gasteiger partial charge in [-0.05, 0) is 73.7 Å². The lowest BCUT2D eigenvalue weighted by atomic mass is 10.1. The molecule has 2 aromatic rings. The van der Waals surface area contributed by atoms with Gasteiger partial charge in [0.25, 0.3) is 11.8 Å². The number of rotatable bonds is 6. The van der Waals surface area contributed by atoms with Gasteiger partial charge in [-0.25, -0.2) is 0 Å². The van der Waals surface area contributed by atoms with Crippen LogP contribution < -0.4 is 5.32 Å². The number of carbonyl (C=O) groups is 2. The van der Waals surface area contributed by atoms with Gasteiger partial charge < -0.3 is 10.2 Å². The highest BCUT2D eigenvalue weighted by atomic mass is 32.2. The molecular formula is C22H26N2O2S2. The zero-order valence-electron chi connectivity index (χ0n) is 16.3. The molecule has 1 N–H and O–H groups in total. The Bertz CT molecular complexity index is 796. The van der Waals surface area contributed by atoms with Crippen LogP contribution in [0.3, 0.4) is 0 Å². The number of benzene rings is 2. The summed E-state index contributed by atoms with van der Waals surface area (Å²) in [6.07, 6.45) is 1.27. The van der Waals surface area contributed by atoms with Gasteiger partial charge in [0.2, 0.25) is 0 Å². The molecule has 1 aliphatic heterocycles. The molecule has 1 aliphatic rings. The summed E-state index contributed by atoms with van der Waals surface area (Å²) in [6, 6.07) is 15.0. The number of amides is 2. The predicted octanol–water partition coefficient (Wildman–Crippen LogP) is 5.29. The van der Waals surface area contributed by atoms with E-state index >= 15 is 0 Å². The average Bonchev–Trinajstić information content (AvgIpc) is 2.76. The molecule has 0 bridgehead atoms. The summed E-state index contributed by atoms with van der Waals surface area (Å²) in [4.78, 5) is 26.7. The fourth-order valence-corrected chi connectivity index (χ4v) is 5.96. The van der Waals surface area contributed by atoms with Crippen LogP contribution in [-0.4, -0.2) is 41.3 Å². The van der Waals surface area contributed by atoms with Crippen LogP contribution >= 0.6 is 23.5 Å². The first-order valence-electron chi connectivity index (χ1n) is 9.66. The predicted molar refractivity (Wildman–Crippen MR) is 120 cm³/mol. The molecule has 28 heavy (non-hydrogen) atoms. The van der Waals surface area contributed by atoms with Crippen LogP contribution in [0.1, 0.15) is 51.1 Å². The Balaban J connectivity index is 1.62. The Kier molecular flexibility index (Phi) is 7.45. The summed E-state index contributed by atoms with van der Waals surface area (Å²) >= 11 is 3.95. The van der Waals surface area contributed by atoms with Crippen molar-refractivity contribution in [3.05, 3.63) is 65.2 Å². The van der Waals surface area contributed by atoms with Crippen molar-refractivity contribution in [2.24, 2.45) is 0 Å². The second kappa shape index (κ2) is 10.0. The van der Waals surface area contributed by atoms with Crippen LogP contribution in [0.25, 0.3) is 0 Å². The van der Waals surface area contributed by atoms with E-state index in [2.05, 4.69) is 17.4 Å². The van der Waals surface area contributed by atoms with Crippen molar-refractivity contribution in [1.82, 2.24) is 4.90 Å². The molecule has 0 aromatic heterocycles. The summed E-state index contributed by atoms with van der Waals surface area (Å²) in [7, 11) is 0. The van der Waals surface area contributed by atoms with Gasteiger partial charge in [0.05, 0.1) is 4.58 Å². The lowest BCUT2D eigenvalue weighted by Gasteiger charge is -2.21. The first-order valence-corrected chi connectivity index (χ1v) is 11.8. The lowest BCUT2D eigenvalue weighted by Crippen LogP contribution is -2.30. The van der Waals surface area contributed by atoms with Crippen molar-refractivity contribution in [1.29, 1.82) is 0 Å². The molecular weight excluding hydrogens is 388 g/mol. The summed E-state index contributed by atoms with van der Waals surface area (Å²) in [5, 5.41) is 2.91. The Labute approximate surface area is 175 Å². The van der Waals surface area contributed by atoms with E-state index in [9.17, 15) is 9.59 Å². The zero-order chi connectivity index (χ0) is 19.9. The van der Waals surface area contributed by atoms with Gasteiger partial charge in [-0.1, -0.05) is 12.1 Å². The molecule has 0 saturated carbocycles. The maximum Gasteiger partial charge on any atom is 0.255 e. The highest BCUT2D eigenvalue weighted by Gasteiger charge is 2.17. The molecule has 0 unspecified atom stereocenters. The highest BCUT2D eigenvalue weighted by molar-refractivity contribution is 8.16. The van der Waals surface area contributed by atoms with E-state index in [0.717, 1.165) is 0 Å². The maximum absolute atomic E-state index is 12.5. The second-order valence-corrected chi connectivity index (χ2v) is 9.28. The van der Waals surface area contributed by atoms with E-state index in [0.29, 0.717) is 34.5 Å². The van der Waals surface area contributed by atoms with Crippen molar-refractivity contribution in [3.8, 4) is 0 Å². The molecule has 6 heteroatoms. The van der Waals surface area contributed by atoms with Crippen LogP contribution in [-0.2, 0) is 0 Å². The van der Waals surface area contributed by atoms with Crippen molar-refractivity contribution in [2.45, 2.75) is 24.9 Å². The first-order chi connectivity index (χ1) is 13.6. The monoisotopic (exact) mass is 414 g/mol. The van der Waals surface area contributed by atoms with Gasteiger partial charge in [-0.15, -0.1) is 23.5 Å². The first kappa shape index (κ1) is 20.8. The average molecular weight is 415 g/mol. The topological polar surface area (TPSA) is 49.4 Å². The van der Waals surface area contributed by atoms with Crippen LogP contribution in [0.4, 0.5) is 5.69 Å². The van der Waals surface area contributed by atoms with Crippen LogP contribution in [0.15, 0.2) is 48.5 Å². The standard InChI is InChI=1S/C22H26N2O2S2/c1-3-24(4-2)21(26)17-10-12-19(13-11-17)23-20(25)16-6-8-18(9-7-16)22-27-14-5-15-28-22/h6-13,22H,3-5,14-15H2,1-2H3,(H,23,25). The van der Waals surface area contributed by atoms with Crippen LogP contribution in [0, 0.1) is 0 Å². The molecule has 148 valence electrons. The molecule has 1 saturated heterocycles. The minimum atomic E-state index is -0.140. The minimum absolute atomic E-state index is 0.0110. The van der Waals surface area contributed by atoms with Crippen molar-refractivity contribution < 1.29 is 9.59 Å². The summed E-state index contributed by atoms with van der Waals surface area (Å²) in [5.74, 6) is 2.27. The van der Waals surface area contributed by atoms with Gasteiger partial charge in [0, 0.05) is 29.9 Å². The summed E-state index contributed by atoms with van der Waals surface area (Å²) in [5.41, 5.74) is 3.22.